The summed E-state index contributed by atoms with van der Waals surface area (Å²) in [6.45, 7) is 5.83. The van der Waals surface area contributed by atoms with Crippen LogP contribution in [0.1, 0.15) is 44.2 Å². The Labute approximate surface area is 247 Å². The molecular weight excluding hydrogens is 540 g/mol. The molecule has 2 aliphatic rings. The standard InChI is InChI=1S/C33H43F2N3O4/c1-3-5-12-38-21-28(27(33(38)41)16-22-10-8-7-9-11-22)32(40)37-30(17-23-14-24(34)18-25(35)15-23)31(39)29-19-26(20-36-29)42-13-6-4-2/h3,5,7-11,14-15,18,26-31,36,39H,4,6,12-13,16-17,19-21H2,1-2H3,(H,37,40)/b5-3-/t26-,27?,28?,29-,30+,31-/m1/s1. The zero-order valence-electron chi connectivity index (χ0n) is 24.5. The van der Waals surface area contributed by atoms with Gasteiger partial charge in [0.2, 0.25) is 11.8 Å². The van der Waals surface area contributed by atoms with E-state index in [0.717, 1.165) is 24.5 Å². The van der Waals surface area contributed by atoms with E-state index in [1.54, 1.807) is 4.90 Å². The van der Waals surface area contributed by atoms with E-state index in [4.69, 9.17) is 4.74 Å². The Kier molecular flexibility index (Phi) is 11.6. The highest BCUT2D eigenvalue weighted by atomic mass is 19.1. The summed E-state index contributed by atoms with van der Waals surface area (Å²) in [5.74, 6) is -3.12. The fourth-order valence-electron chi connectivity index (χ4n) is 5.95. The molecule has 7 nitrogen and oxygen atoms in total. The Morgan fingerprint density at radius 1 is 1.19 bits per heavy atom. The monoisotopic (exact) mass is 583 g/mol. The number of nitrogens with one attached hydrogen (secondary N) is 2. The third-order valence-corrected chi connectivity index (χ3v) is 8.23. The topological polar surface area (TPSA) is 90.9 Å². The second-order valence-electron chi connectivity index (χ2n) is 11.4. The van der Waals surface area contributed by atoms with Gasteiger partial charge in [-0.05, 0) is 55.9 Å². The molecule has 228 valence electrons. The summed E-state index contributed by atoms with van der Waals surface area (Å²) >= 11 is 0. The van der Waals surface area contributed by atoms with Crippen molar-refractivity contribution in [2.75, 3.05) is 26.2 Å². The van der Waals surface area contributed by atoms with Gasteiger partial charge in [0.1, 0.15) is 11.6 Å². The molecule has 3 N–H and O–H groups in total. The average Bonchev–Trinajstić information content (AvgIpc) is 3.56. The molecule has 4 rings (SSSR count). The van der Waals surface area contributed by atoms with Crippen LogP contribution in [0.15, 0.2) is 60.7 Å². The van der Waals surface area contributed by atoms with Crippen molar-refractivity contribution in [3.63, 3.8) is 0 Å². The van der Waals surface area contributed by atoms with Crippen LogP contribution in [0.2, 0.25) is 0 Å². The van der Waals surface area contributed by atoms with Gasteiger partial charge in [0.25, 0.3) is 0 Å². The number of hydrogen-bond donors (Lipinski definition) is 3. The van der Waals surface area contributed by atoms with Gasteiger partial charge in [0.15, 0.2) is 0 Å². The molecule has 2 aromatic carbocycles. The lowest BCUT2D eigenvalue weighted by Crippen LogP contribution is -2.54. The van der Waals surface area contributed by atoms with Gasteiger partial charge in [-0.15, -0.1) is 0 Å². The number of aliphatic hydroxyl groups excluding tert-OH is 1. The summed E-state index contributed by atoms with van der Waals surface area (Å²) in [6, 6.07) is 11.6. The summed E-state index contributed by atoms with van der Waals surface area (Å²) in [5.41, 5.74) is 1.28. The maximum absolute atomic E-state index is 14.1. The second-order valence-corrected chi connectivity index (χ2v) is 11.4. The fourth-order valence-corrected chi connectivity index (χ4v) is 5.95. The van der Waals surface area contributed by atoms with Crippen LogP contribution < -0.4 is 10.6 Å². The maximum atomic E-state index is 14.1. The van der Waals surface area contributed by atoms with Crippen molar-refractivity contribution < 1.29 is 28.2 Å². The normalized spacial score (nSPS) is 23.9. The number of rotatable bonds is 14. The molecule has 2 fully saturated rings. The molecule has 2 heterocycles. The van der Waals surface area contributed by atoms with Gasteiger partial charge < -0.3 is 25.4 Å². The zero-order valence-corrected chi connectivity index (χ0v) is 24.5. The van der Waals surface area contributed by atoms with Crippen molar-refractivity contribution in [3.05, 3.63) is 83.4 Å². The Hall–Kier alpha value is -3.14. The van der Waals surface area contributed by atoms with E-state index >= 15 is 0 Å². The van der Waals surface area contributed by atoms with Crippen LogP contribution in [-0.4, -0.2) is 72.4 Å². The molecule has 9 heteroatoms. The van der Waals surface area contributed by atoms with Crippen molar-refractivity contribution in [2.24, 2.45) is 11.8 Å². The van der Waals surface area contributed by atoms with Gasteiger partial charge in [-0.1, -0.05) is 55.8 Å². The average molecular weight is 584 g/mol. The molecule has 0 saturated carbocycles. The number of nitrogens with zero attached hydrogens (tertiary/aromatic N) is 1. The van der Waals surface area contributed by atoms with E-state index in [0.29, 0.717) is 38.1 Å². The Morgan fingerprint density at radius 2 is 1.93 bits per heavy atom. The maximum Gasteiger partial charge on any atom is 0.227 e. The molecule has 0 aliphatic carbocycles. The SMILES string of the molecule is C/C=C\CN1CC(C(=O)N[C@@H](Cc2cc(F)cc(F)c2)[C@H](O)[C@H]2C[C@@H](OCCCC)CN2)C(Cc2ccccc2)C1=O. The van der Waals surface area contributed by atoms with E-state index in [1.165, 1.54) is 12.1 Å². The van der Waals surface area contributed by atoms with Crippen LogP contribution in [0, 0.1) is 23.5 Å². The quantitative estimate of drug-likeness (QED) is 0.233. The fraction of sp³-hybridized carbons (Fsp3) is 0.515. The van der Waals surface area contributed by atoms with E-state index in [1.807, 2.05) is 49.4 Å². The number of unbranched alkanes of at least 4 members (excludes halogenated alkanes) is 1. The molecule has 2 aliphatic heterocycles. The zero-order chi connectivity index (χ0) is 30.1. The molecule has 0 spiro atoms. The molecule has 0 aromatic heterocycles. The van der Waals surface area contributed by atoms with Crippen LogP contribution in [0.5, 0.6) is 0 Å². The second kappa shape index (κ2) is 15.4. The predicted molar refractivity (Wildman–Crippen MR) is 158 cm³/mol. The molecule has 0 radical (unpaired) electrons. The van der Waals surface area contributed by atoms with Crippen molar-refractivity contribution >= 4 is 11.8 Å². The number of benzene rings is 2. The van der Waals surface area contributed by atoms with Gasteiger partial charge in [0.05, 0.1) is 30.1 Å². The minimum absolute atomic E-state index is 0.0213. The van der Waals surface area contributed by atoms with E-state index < -0.39 is 35.6 Å². The van der Waals surface area contributed by atoms with Crippen molar-refractivity contribution in [2.45, 2.75) is 70.2 Å². The van der Waals surface area contributed by atoms with Gasteiger partial charge in [-0.3, -0.25) is 9.59 Å². The van der Waals surface area contributed by atoms with Gasteiger partial charge in [-0.2, -0.15) is 0 Å². The van der Waals surface area contributed by atoms with E-state index in [-0.39, 0.29) is 36.9 Å². The summed E-state index contributed by atoms with van der Waals surface area (Å²) in [5, 5.41) is 17.8. The molecule has 2 saturated heterocycles. The van der Waals surface area contributed by atoms with Crippen LogP contribution in [0.25, 0.3) is 0 Å². The van der Waals surface area contributed by atoms with Crippen molar-refractivity contribution in [1.82, 2.24) is 15.5 Å². The highest BCUT2D eigenvalue weighted by Crippen LogP contribution is 2.29. The highest BCUT2D eigenvalue weighted by Gasteiger charge is 2.45. The summed E-state index contributed by atoms with van der Waals surface area (Å²) in [4.78, 5) is 29.0. The molecule has 0 bridgehead atoms. The molecule has 42 heavy (non-hydrogen) atoms. The number of hydrogen-bond acceptors (Lipinski definition) is 5. The number of aliphatic hydroxyl groups is 1. The first kappa shape index (κ1) is 31.8. The Morgan fingerprint density at radius 3 is 2.62 bits per heavy atom. The minimum atomic E-state index is -1.05. The summed E-state index contributed by atoms with van der Waals surface area (Å²) in [7, 11) is 0. The van der Waals surface area contributed by atoms with Crippen molar-refractivity contribution in [3.8, 4) is 0 Å². The minimum Gasteiger partial charge on any atom is -0.389 e. The van der Waals surface area contributed by atoms with Gasteiger partial charge >= 0.3 is 0 Å². The first-order chi connectivity index (χ1) is 20.3. The third kappa shape index (κ3) is 8.46. The lowest BCUT2D eigenvalue weighted by molar-refractivity contribution is -0.133. The number of halogens is 2. The van der Waals surface area contributed by atoms with E-state index in [2.05, 4.69) is 17.6 Å². The van der Waals surface area contributed by atoms with Crippen molar-refractivity contribution in [1.29, 1.82) is 0 Å². The number of likely N-dealkylation sites (tertiary alicyclic amines) is 1. The first-order valence-electron chi connectivity index (χ1n) is 15.0. The van der Waals surface area contributed by atoms with Gasteiger partial charge in [-0.25, -0.2) is 8.78 Å². The summed E-state index contributed by atoms with van der Waals surface area (Å²) in [6.07, 6.45) is 5.57. The Balaban J connectivity index is 1.54. The third-order valence-electron chi connectivity index (χ3n) is 8.23. The molecule has 6 atom stereocenters. The lowest BCUT2D eigenvalue weighted by atomic mass is 9.87. The van der Waals surface area contributed by atoms with E-state index in [9.17, 15) is 23.5 Å². The number of allylic oxidation sites excluding steroid dienone is 1. The van der Waals surface area contributed by atoms with Crippen LogP contribution in [-0.2, 0) is 27.2 Å². The molecular formula is C33H43F2N3O4. The number of ether oxygens (including phenoxy) is 1. The molecule has 2 aromatic rings. The van der Waals surface area contributed by atoms with Gasteiger partial charge in [0, 0.05) is 38.3 Å². The summed E-state index contributed by atoms with van der Waals surface area (Å²) < 4.78 is 34.1. The number of amides is 2. The smallest absolute Gasteiger partial charge is 0.227 e. The number of carbonyl (C=O) groups is 2. The lowest BCUT2D eigenvalue weighted by Gasteiger charge is -2.30. The first-order valence-corrected chi connectivity index (χ1v) is 15.0. The molecule has 2 unspecified atom stereocenters. The predicted octanol–water partition coefficient (Wildman–Crippen LogP) is 3.79. The van der Waals surface area contributed by atoms with Crippen LogP contribution in [0.3, 0.4) is 0 Å². The molecule has 2 amide bonds. The Bertz CT molecular complexity index is 1190. The highest BCUT2D eigenvalue weighted by molar-refractivity contribution is 5.91. The van der Waals surface area contributed by atoms with Crippen LogP contribution in [0.4, 0.5) is 8.78 Å². The number of carbonyl (C=O) groups excluding carboxylic acids is 2. The largest absolute Gasteiger partial charge is 0.389 e. The van der Waals surface area contributed by atoms with Crippen LogP contribution >= 0.6 is 0 Å².